The molecule has 132 valence electrons. The van der Waals surface area contributed by atoms with Crippen molar-refractivity contribution in [3.8, 4) is 0 Å². The van der Waals surface area contributed by atoms with E-state index >= 15 is 0 Å². The number of nitrogens with one attached hydrogen (secondary N) is 2. The van der Waals surface area contributed by atoms with Gasteiger partial charge < -0.3 is 10.6 Å². The fraction of sp³-hybridized carbons (Fsp3) is 0.444. The second kappa shape index (κ2) is 10.3. The van der Waals surface area contributed by atoms with Crippen molar-refractivity contribution < 1.29 is 0 Å². The highest BCUT2D eigenvalue weighted by atomic mass is 127. The third kappa shape index (κ3) is 6.51. The molecule has 2 rings (SSSR count). The van der Waals surface area contributed by atoms with Gasteiger partial charge >= 0.3 is 0 Å². The highest BCUT2D eigenvalue weighted by molar-refractivity contribution is 14.0. The molecule has 24 heavy (non-hydrogen) atoms. The zero-order chi connectivity index (χ0) is 16.7. The molecular formula is C18H28IN5. The van der Waals surface area contributed by atoms with E-state index in [9.17, 15) is 0 Å². The van der Waals surface area contributed by atoms with Crippen LogP contribution in [0.5, 0.6) is 0 Å². The van der Waals surface area contributed by atoms with Crippen molar-refractivity contribution in [3.05, 3.63) is 53.9 Å². The Morgan fingerprint density at radius 1 is 1.21 bits per heavy atom. The van der Waals surface area contributed by atoms with E-state index in [1.54, 1.807) is 13.2 Å². The van der Waals surface area contributed by atoms with E-state index in [-0.39, 0.29) is 24.0 Å². The van der Waals surface area contributed by atoms with Gasteiger partial charge in [0.1, 0.15) is 0 Å². The Labute approximate surface area is 162 Å². The Balaban J connectivity index is 0.00000288. The Kier molecular flexibility index (Phi) is 8.81. The molecule has 2 aromatic rings. The van der Waals surface area contributed by atoms with Gasteiger partial charge in [-0.15, -0.1) is 24.0 Å². The van der Waals surface area contributed by atoms with Crippen LogP contribution in [0.2, 0.25) is 0 Å². The van der Waals surface area contributed by atoms with Crippen LogP contribution >= 0.6 is 24.0 Å². The number of nitrogens with zero attached hydrogens (tertiary/aromatic N) is 3. The van der Waals surface area contributed by atoms with Crippen LogP contribution < -0.4 is 10.6 Å². The number of hydrogen-bond donors (Lipinski definition) is 2. The van der Waals surface area contributed by atoms with Crippen LogP contribution in [0, 0.1) is 5.92 Å². The van der Waals surface area contributed by atoms with E-state index < -0.39 is 0 Å². The minimum absolute atomic E-state index is 0. The SMILES string of the molecule is CN=C(NCc1cccc(Cn2cccn2)c1)NC(C)C(C)C.I. The number of hydrogen-bond acceptors (Lipinski definition) is 2. The maximum absolute atomic E-state index is 4.29. The summed E-state index contributed by atoms with van der Waals surface area (Å²) < 4.78 is 1.93. The Hall–Kier alpha value is -1.57. The van der Waals surface area contributed by atoms with Crippen molar-refractivity contribution in [3.63, 3.8) is 0 Å². The molecule has 0 saturated heterocycles. The van der Waals surface area contributed by atoms with Crippen molar-refractivity contribution in [2.24, 2.45) is 10.9 Å². The van der Waals surface area contributed by atoms with Crippen LogP contribution in [0.1, 0.15) is 31.9 Å². The number of benzene rings is 1. The first-order valence-corrected chi connectivity index (χ1v) is 8.11. The molecule has 0 radical (unpaired) electrons. The molecule has 1 aromatic carbocycles. The molecule has 0 aliphatic rings. The van der Waals surface area contributed by atoms with Crippen LogP contribution in [-0.2, 0) is 13.1 Å². The van der Waals surface area contributed by atoms with Gasteiger partial charge in [0.05, 0.1) is 6.54 Å². The normalized spacial score (nSPS) is 12.6. The molecule has 0 saturated carbocycles. The molecule has 1 unspecified atom stereocenters. The van der Waals surface area contributed by atoms with E-state index in [0.29, 0.717) is 12.0 Å². The monoisotopic (exact) mass is 441 g/mol. The average Bonchev–Trinajstić information content (AvgIpc) is 3.04. The van der Waals surface area contributed by atoms with Crippen LogP contribution in [0.25, 0.3) is 0 Å². The Morgan fingerprint density at radius 3 is 2.58 bits per heavy atom. The molecule has 0 amide bonds. The summed E-state index contributed by atoms with van der Waals surface area (Å²) in [4.78, 5) is 4.29. The molecule has 2 N–H and O–H groups in total. The van der Waals surface area contributed by atoms with Crippen LogP contribution in [-0.4, -0.2) is 28.8 Å². The average molecular weight is 441 g/mol. The standard InChI is InChI=1S/C18H27N5.HI/c1-14(2)15(3)22-18(19-4)20-12-16-7-5-8-17(11-16)13-23-10-6-9-21-23;/h5-11,14-15H,12-13H2,1-4H3,(H2,19,20,22);1H. The third-order valence-electron chi connectivity index (χ3n) is 3.94. The summed E-state index contributed by atoms with van der Waals surface area (Å²) >= 11 is 0. The molecule has 1 atom stereocenters. The predicted octanol–water partition coefficient (Wildman–Crippen LogP) is 3.26. The quantitative estimate of drug-likeness (QED) is 0.411. The van der Waals surface area contributed by atoms with Gasteiger partial charge in [-0.05, 0) is 30.0 Å². The molecule has 1 aromatic heterocycles. The third-order valence-corrected chi connectivity index (χ3v) is 3.94. The maximum Gasteiger partial charge on any atom is 0.191 e. The first-order chi connectivity index (χ1) is 11.1. The lowest BCUT2D eigenvalue weighted by atomic mass is 10.1. The number of guanidine groups is 1. The largest absolute Gasteiger partial charge is 0.354 e. The summed E-state index contributed by atoms with van der Waals surface area (Å²) in [6.07, 6.45) is 3.78. The van der Waals surface area contributed by atoms with Gasteiger partial charge in [0, 0.05) is 32.0 Å². The first-order valence-electron chi connectivity index (χ1n) is 8.11. The topological polar surface area (TPSA) is 54.2 Å². The van der Waals surface area contributed by atoms with Crippen LogP contribution in [0.3, 0.4) is 0 Å². The summed E-state index contributed by atoms with van der Waals surface area (Å²) in [6.45, 7) is 8.10. The maximum atomic E-state index is 4.29. The summed E-state index contributed by atoms with van der Waals surface area (Å²) in [7, 11) is 1.80. The van der Waals surface area contributed by atoms with E-state index in [1.165, 1.54) is 11.1 Å². The molecule has 0 aliphatic heterocycles. The van der Waals surface area contributed by atoms with Crippen molar-refractivity contribution in [1.82, 2.24) is 20.4 Å². The van der Waals surface area contributed by atoms with Gasteiger partial charge in [0.25, 0.3) is 0 Å². The predicted molar refractivity (Wildman–Crippen MR) is 111 cm³/mol. The second-order valence-electron chi connectivity index (χ2n) is 6.13. The van der Waals surface area contributed by atoms with Gasteiger partial charge in [-0.2, -0.15) is 5.10 Å². The zero-order valence-corrected chi connectivity index (χ0v) is 17.2. The molecule has 0 aliphatic carbocycles. The van der Waals surface area contributed by atoms with Crippen molar-refractivity contribution >= 4 is 29.9 Å². The van der Waals surface area contributed by atoms with Crippen molar-refractivity contribution in [1.29, 1.82) is 0 Å². The van der Waals surface area contributed by atoms with Gasteiger partial charge in [-0.3, -0.25) is 9.67 Å². The number of halogens is 1. The van der Waals surface area contributed by atoms with Crippen molar-refractivity contribution in [2.75, 3.05) is 7.05 Å². The minimum Gasteiger partial charge on any atom is -0.354 e. The van der Waals surface area contributed by atoms with E-state index in [1.807, 2.05) is 16.9 Å². The lowest BCUT2D eigenvalue weighted by molar-refractivity contribution is 0.481. The molecule has 0 bridgehead atoms. The summed E-state index contributed by atoms with van der Waals surface area (Å²) in [6, 6.07) is 10.9. The van der Waals surface area contributed by atoms with Gasteiger partial charge in [-0.1, -0.05) is 38.1 Å². The van der Waals surface area contributed by atoms with E-state index in [4.69, 9.17) is 0 Å². The molecule has 0 spiro atoms. The summed E-state index contributed by atoms with van der Waals surface area (Å²) in [5, 5.41) is 11.0. The zero-order valence-electron chi connectivity index (χ0n) is 14.9. The Morgan fingerprint density at radius 2 is 1.96 bits per heavy atom. The molecule has 1 heterocycles. The van der Waals surface area contributed by atoms with E-state index in [2.05, 4.69) is 65.8 Å². The number of rotatable bonds is 6. The fourth-order valence-electron chi connectivity index (χ4n) is 2.18. The number of aliphatic imine (C=N–C) groups is 1. The van der Waals surface area contributed by atoms with Crippen LogP contribution in [0.15, 0.2) is 47.7 Å². The lowest BCUT2D eigenvalue weighted by Crippen LogP contribution is -2.43. The van der Waals surface area contributed by atoms with Gasteiger partial charge in [-0.25, -0.2) is 0 Å². The lowest BCUT2D eigenvalue weighted by Gasteiger charge is -2.20. The molecule has 5 nitrogen and oxygen atoms in total. The number of aromatic nitrogens is 2. The summed E-state index contributed by atoms with van der Waals surface area (Å²) in [5.41, 5.74) is 2.47. The van der Waals surface area contributed by atoms with Crippen molar-refractivity contribution in [2.45, 2.75) is 39.9 Å². The highest BCUT2D eigenvalue weighted by Gasteiger charge is 2.08. The minimum atomic E-state index is 0. The fourth-order valence-corrected chi connectivity index (χ4v) is 2.18. The first kappa shape index (κ1) is 20.5. The summed E-state index contributed by atoms with van der Waals surface area (Å²) in [5.74, 6) is 1.40. The molecule has 6 heteroatoms. The molecule has 0 fully saturated rings. The smallest absolute Gasteiger partial charge is 0.191 e. The highest BCUT2D eigenvalue weighted by Crippen LogP contribution is 2.07. The second-order valence-corrected chi connectivity index (χ2v) is 6.13. The van der Waals surface area contributed by atoms with Gasteiger partial charge in [0.15, 0.2) is 5.96 Å². The van der Waals surface area contributed by atoms with Gasteiger partial charge in [0.2, 0.25) is 0 Å². The van der Waals surface area contributed by atoms with E-state index in [0.717, 1.165) is 19.0 Å². The Bertz CT molecular complexity index is 622. The van der Waals surface area contributed by atoms with Crippen LogP contribution in [0.4, 0.5) is 0 Å². The molecular weight excluding hydrogens is 413 g/mol.